The summed E-state index contributed by atoms with van der Waals surface area (Å²) in [5.74, 6) is 1.47. The third kappa shape index (κ3) is 5.16. The van der Waals surface area contributed by atoms with Crippen LogP contribution in [-0.4, -0.2) is 25.6 Å². The fraction of sp³-hybridized carbons (Fsp3) is 0.375. The summed E-state index contributed by atoms with van der Waals surface area (Å²) in [5, 5.41) is 3.07. The van der Waals surface area contributed by atoms with E-state index in [2.05, 4.69) is 48.0 Å². The first kappa shape index (κ1) is 20.0. The number of benzene rings is 2. The highest BCUT2D eigenvalue weighted by molar-refractivity contribution is 5.94. The molecule has 1 unspecified atom stereocenters. The van der Waals surface area contributed by atoms with E-state index in [0.29, 0.717) is 12.2 Å². The SMILES string of the molecule is C=CCOc1ccc(C(=O)NC(C)c2ccc(N3CCC(C)CC3)cc2)cc1. The van der Waals surface area contributed by atoms with Gasteiger partial charge in [0.25, 0.3) is 5.91 Å². The van der Waals surface area contributed by atoms with Crippen LogP contribution in [0.1, 0.15) is 48.7 Å². The second-order valence-electron chi connectivity index (χ2n) is 7.58. The average molecular weight is 379 g/mol. The van der Waals surface area contributed by atoms with Crippen LogP contribution in [0, 0.1) is 5.92 Å². The van der Waals surface area contributed by atoms with E-state index in [4.69, 9.17) is 4.74 Å². The van der Waals surface area contributed by atoms with Gasteiger partial charge in [-0.2, -0.15) is 0 Å². The van der Waals surface area contributed by atoms with E-state index < -0.39 is 0 Å². The van der Waals surface area contributed by atoms with Gasteiger partial charge in [0.15, 0.2) is 0 Å². The number of rotatable bonds is 7. The Morgan fingerprint density at radius 1 is 1.18 bits per heavy atom. The van der Waals surface area contributed by atoms with E-state index in [1.165, 1.54) is 18.5 Å². The van der Waals surface area contributed by atoms with Crippen LogP contribution in [0.3, 0.4) is 0 Å². The lowest BCUT2D eigenvalue weighted by Crippen LogP contribution is -2.32. The molecule has 0 radical (unpaired) electrons. The molecule has 3 rings (SSSR count). The van der Waals surface area contributed by atoms with Gasteiger partial charge in [0.05, 0.1) is 6.04 Å². The molecule has 2 aromatic carbocycles. The van der Waals surface area contributed by atoms with E-state index in [-0.39, 0.29) is 11.9 Å². The summed E-state index contributed by atoms with van der Waals surface area (Å²) in [6, 6.07) is 15.7. The zero-order valence-electron chi connectivity index (χ0n) is 16.9. The van der Waals surface area contributed by atoms with Crippen LogP contribution in [0.25, 0.3) is 0 Å². The minimum atomic E-state index is -0.0862. The number of carbonyl (C=O) groups is 1. The molecule has 1 atom stereocenters. The van der Waals surface area contributed by atoms with Gasteiger partial charge in [-0.15, -0.1) is 0 Å². The molecule has 0 aliphatic carbocycles. The van der Waals surface area contributed by atoms with E-state index in [1.807, 2.05) is 6.92 Å². The highest BCUT2D eigenvalue weighted by atomic mass is 16.5. The number of piperidine rings is 1. The van der Waals surface area contributed by atoms with Crippen LogP contribution in [0.15, 0.2) is 61.2 Å². The van der Waals surface area contributed by atoms with Crippen molar-refractivity contribution in [3.05, 3.63) is 72.3 Å². The fourth-order valence-electron chi connectivity index (χ4n) is 3.46. The molecule has 0 bridgehead atoms. The van der Waals surface area contributed by atoms with Crippen LogP contribution >= 0.6 is 0 Å². The first-order chi connectivity index (χ1) is 13.6. The molecule has 148 valence electrons. The Bertz CT molecular complexity index is 775. The average Bonchev–Trinajstić information content (AvgIpc) is 2.73. The van der Waals surface area contributed by atoms with E-state index in [9.17, 15) is 4.79 Å². The van der Waals surface area contributed by atoms with Crippen LogP contribution in [0.4, 0.5) is 5.69 Å². The van der Waals surface area contributed by atoms with Crippen LogP contribution < -0.4 is 15.0 Å². The molecule has 2 aromatic rings. The summed E-state index contributed by atoms with van der Waals surface area (Å²) in [4.78, 5) is 15.0. The lowest BCUT2D eigenvalue weighted by atomic mass is 9.98. The fourth-order valence-corrected chi connectivity index (χ4v) is 3.46. The first-order valence-corrected chi connectivity index (χ1v) is 10.1. The number of hydrogen-bond donors (Lipinski definition) is 1. The minimum absolute atomic E-state index is 0.0559. The van der Waals surface area contributed by atoms with Gasteiger partial charge in [0.2, 0.25) is 0 Å². The summed E-state index contributed by atoms with van der Waals surface area (Å²) in [7, 11) is 0. The van der Waals surface area contributed by atoms with Gasteiger partial charge in [-0.1, -0.05) is 31.7 Å². The van der Waals surface area contributed by atoms with Gasteiger partial charge in [0, 0.05) is 24.3 Å². The third-order valence-corrected chi connectivity index (χ3v) is 5.37. The first-order valence-electron chi connectivity index (χ1n) is 10.1. The van der Waals surface area contributed by atoms with E-state index in [0.717, 1.165) is 30.3 Å². The van der Waals surface area contributed by atoms with Gasteiger partial charge in [-0.05, 0) is 67.6 Å². The summed E-state index contributed by atoms with van der Waals surface area (Å²) >= 11 is 0. The number of amides is 1. The lowest BCUT2D eigenvalue weighted by molar-refractivity contribution is 0.0940. The lowest BCUT2D eigenvalue weighted by Gasteiger charge is -2.32. The van der Waals surface area contributed by atoms with Gasteiger partial charge in [-0.25, -0.2) is 0 Å². The number of nitrogens with one attached hydrogen (secondary N) is 1. The quantitative estimate of drug-likeness (QED) is 0.691. The largest absolute Gasteiger partial charge is 0.490 e. The molecule has 4 heteroatoms. The Balaban J connectivity index is 1.57. The van der Waals surface area contributed by atoms with Gasteiger partial charge in [0.1, 0.15) is 12.4 Å². The van der Waals surface area contributed by atoms with Crippen molar-refractivity contribution in [1.82, 2.24) is 5.32 Å². The molecule has 0 saturated carbocycles. The number of anilines is 1. The number of carbonyl (C=O) groups excluding carboxylic acids is 1. The molecule has 1 amide bonds. The molecule has 28 heavy (non-hydrogen) atoms. The number of ether oxygens (including phenoxy) is 1. The van der Waals surface area contributed by atoms with E-state index in [1.54, 1.807) is 30.3 Å². The zero-order valence-corrected chi connectivity index (χ0v) is 16.9. The third-order valence-electron chi connectivity index (χ3n) is 5.37. The second kappa shape index (κ2) is 9.45. The van der Waals surface area contributed by atoms with Crippen molar-refractivity contribution < 1.29 is 9.53 Å². The highest BCUT2D eigenvalue weighted by Crippen LogP contribution is 2.24. The van der Waals surface area contributed by atoms with Gasteiger partial charge >= 0.3 is 0 Å². The van der Waals surface area contributed by atoms with Crippen molar-refractivity contribution in [3.63, 3.8) is 0 Å². The summed E-state index contributed by atoms with van der Waals surface area (Å²) in [5.41, 5.74) is 2.99. The van der Waals surface area contributed by atoms with Crippen molar-refractivity contribution in [2.75, 3.05) is 24.6 Å². The molecular weight excluding hydrogens is 348 g/mol. The zero-order chi connectivity index (χ0) is 19.9. The summed E-state index contributed by atoms with van der Waals surface area (Å²) in [6.07, 6.45) is 4.20. The maximum Gasteiger partial charge on any atom is 0.251 e. The second-order valence-corrected chi connectivity index (χ2v) is 7.58. The highest BCUT2D eigenvalue weighted by Gasteiger charge is 2.17. The number of hydrogen-bond acceptors (Lipinski definition) is 3. The molecule has 1 N–H and O–H groups in total. The molecule has 1 fully saturated rings. The standard InChI is InChI=1S/C24H30N2O2/c1-4-17-28-23-11-7-21(8-12-23)24(27)25-19(3)20-5-9-22(10-6-20)26-15-13-18(2)14-16-26/h4-12,18-19H,1,13-17H2,2-3H3,(H,25,27). The van der Waals surface area contributed by atoms with Gasteiger partial charge < -0.3 is 15.0 Å². The molecule has 0 spiro atoms. The van der Waals surface area contributed by atoms with Gasteiger partial charge in [-0.3, -0.25) is 4.79 Å². The predicted molar refractivity (Wildman–Crippen MR) is 115 cm³/mol. The summed E-state index contributed by atoms with van der Waals surface area (Å²) in [6.45, 7) is 10.7. The Kier molecular flexibility index (Phi) is 6.75. The number of nitrogens with zero attached hydrogens (tertiary/aromatic N) is 1. The Morgan fingerprint density at radius 3 is 2.43 bits per heavy atom. The Labute approximate surface area is 168 Å². The molecule has 4 nitrogen and oxygen atoms in total. The van der Waals surface area contributed by atoms with Crippen LogP contribution in [-0.2, 0) is 0 Å². The van der Waals surface area contributed by atoms with Crippen molar-refractivity contribution in [2.24, 2.45) is 5.92 Å². The maximum atomic E-state index is 12.5. The molecule has 0 aromatic heterocycles. The van der Waals surface area contributed by atoms with E-state index >= 15 is 0 Å². The van der Waals surface area contributed by atoms with Crippen molar-refractivity contribution in [2.45, 2.75) is 32.7 Å². The molecule has 1 aliphatic rings. The monoisotopic (exact) mass is 378 g/mol. The smallest absolute Gasteiger partial charge is 0.251 e. The van der Waals surface area contributed by atoms with Crippen molar-refractivity contribution in [1.29, 1.82) is 0 Å². The van der Waals surface area contributed by atoms with Crippen molar-refractivity contribution in [3.8, 4) is 5.75 Å². The molecule has 1 aliphatic heterocycles. The van der Waals surface area contributed by atoms with Crippen LogP contribution in [0.2, 0.25) is 0 Å². The molecule has 1 saturated heterocycles. The Morgan fingerprint density at radius 2 is 1.82 bits per heavy atom. The normalized spacial score (nSPS) is 15.7. The van der Waals surface area contributed by atoms with Crippen molar-refractivity contribution >= 4 is 11.6 Å². The molecular formula is C24H30N2O2. The van der Waals surface area contributed by atoms with Crippen LogP contribution in [0.5, 0.6) is 5.75 Å². The molecule has 1 heterocycles. The summed E-state index contributed by atoms with van der Waals surface area (Å²) < 4.78 is 5.45. The Hall–Kier alpha value is -2.75. The minimum Gasteiger partial charge on any atom is -0.490 e. The predicted octanol–water partition coefficient (Wildman–Crippen LogP) is 4.98. The topological polar surface area (TPSA) is 41.6 Å². The maximum absolute atomic E-state index is 12.5.